The third-order valence-corrected chi connectivity index (χ3v) is 4.61. The van der Waals surface area contributed by atoms with Crippen molar-refractivity contribution < 1.29 is 4.74 Å². The zero-order valence-corrected chi connectivity index (χ0v) is 14.1. The van der Waals surface area contributed by atoms with E-state index in [1.54, 1.807) is 7.11 Å². The van der Waals surface area contributed by atoms with Crippen LogP contribution < -0.4 is 10.1 Å². The van der Waals surface area contributed by atoms with Crippen molar-refractivity contribution in [1.29, 1.82) is 0 Å². The smallest absolute Gasteiger partial charge is 0.124 e. The van der Waals surface area contributed by atoms with Crippen LogP contribution >= 0.6 is 11.6 Å². The van der Waals surface area contributed by atoms with Gasteiger partial charge < -0.3 is 10.1 Å². The van der Waals surface area contributed by atoms with Crippen molar-refractivity contribution in [3.63, 3.8) is 0 Å². The van der Waals surface area contributed by atoms with E-state index in [1.165, 1.54) is 19.3 Å². The zero-order valence-electron chi connectivity index (χ0n) is 13.4. The minimum Gasteiger partial charge on any atom is -0.496 e. The van der Waals surface area contributed by atoms with Crippen molar-refractivity contribution in [2.24, 2.45) is 0 Å². The van der Waals surface area contributed by atoms with Gasteiger partial charge in [-0.2, -0.15) is 0 Å². The van der Waals surface area contributed by atoms with Gasteiger partial charge in [-0.15, -0.1) is 0 Å². The van der Waals surface area contributed by atoms with E-state index >= 15 is 0 Å². The largest absolute Gasteiger partial charge is 0.496 e. The Labute approximate surface area is 133 Å². The number of methoxy groups -OCH3 is 1. The van der Waals surface area contributed by atoms with Gasteiger partial charge in [0.25, 0.3) is 0 Å². The summed E-state index contributed by atoms with van der Waals surface area (Å²) in [4.78, 5) is 2.48. The maximum atomic E-state index is 6.38. The highest BCUT2D eigenvalue weighted by atomic mass is 35.5. The molecule has 0 aromatic heterocycles. The lowest BCUT2D eigenvalue weighted by Gasteiger charge is -2.33. The third kappa shape index (κ3) is 4.60. The second-order valence-corrected chi connectivity index (χ2v) is 6.50. The molecule has 0 bridgehead atoms. The van der Waals surface area contributed by atoms with Crippen LogP contribution in [0.25, 0.3) is 0 Å². The number of hydrogen-bond acceptors (Lipinski definition) is 3. The summed E-state index contributed by atoms with van der Waals surface area (Å²) in [6.45, 7) is 7.52. The van der Waals surface area contributed by atoms with Crippen LogP contribution in [0.2, 0.25) is 5.02 Å². The van der Waals surface area contributed by atoms with Crippen LogP contribution in [0.3, 0.4) is 0 Å². The summed E-state index contributed by atoms with van der Waals surface area (Å²) in [5.74, 6) is 0.879. The fourth-order valence-corrected chi connectivity index (χ4v) is 3.13. The second kappa shape index (κ2) is 8.02. The van der Waals surface area contributed by atoms with Gasteiger partial charge in [-0.1, -0.05) is 24.1 Å². The first-order chi connectivity index (χ1) is 10.1. The van der Waals surface area contributed by atoms with Gasteiger partial charge in [0.1, 0.15) is 5.75 Å². The average molecular weight is 311 g/mol. The van der Waals surface area contributed by atoms with E-state index < -0.39 is 0 Å². The minimum absolute atomic E-state index is 0.481. The van der Waals surface area contributed by atoms with Crippen LogP contribution in [0.1, 0.15) is 38.7 Å². The summed E-state index contributed by atoms with van der Waals surface area (Å²) < 4.78 is 5.47. The van der Waals surface area contributed by atoms with Gasteiger partial charge in [-0.05, 0) is 45.4 Å². The third-order valence-electron chi connectivity index (χ3n) is 4.25. The molecular formula is C17H27ClN2O. The molecule has 1 N–H and O–H groups in total. The van der Waals surface area contributed by atoms with Crippen molar-refractivity contribution in [2.75, 3.05) is 20.2 Å². The molecule has 1 aliphatic heterocycles. The van der Waals surface area contributed by atoms with Crippen molar-refractivity contribution in [1.82, 2.24) is 10.2 Å². The van der Waals surface area contributed by atoms with Crippen LogP contribution in [0.4, 0.5) is 0 Å². The highest BCUT2D eigenvalue weighted by Crippen LogP contribution is 2.28. The van der Waals surface area contributed by atoms with Gasteiger partial charge in [0.2, 0.25) is 0 Å². The second-order valence-electron chi connectivity index (χ2n) is 6.09. The van der Waals surface area contributed by atoms with E-state index in [9.17, 15) is 0 Å². The van der Waals surface area contributed by atoms with Gasteiger partial charge in [-0.3, -0.25) is 4.90 Å². The highest BCUT2D eigenvalue weighted by molar-refractivity contribution is 6.31. The first-order valence-corrected chi connectivity index (χ1v) is 8.28. The summed E-state index contributed by atoms with van der Waals surface area (Å²) in [5, 5.41) is 4.42. The molecular weight excluding hydrogens is 284 g/mol. The summed E-state index contributed by atoms with van der Waals surface area (Å²) in [5.41, 5.74) is 1.09. The Morgan fingerprint density at radius 2 is 2.19 bits per heavy atom. The number of nitrogens with one attached hydrogen (secondary N) is 1. The number of benzene rings is 1. The van der Waals surface area contributed by atoms with Crippen LogP contribution in [-0.2, 0) is 6.54 Å². The lowest BCUT2D eigenvalue weighted by atomic mass is 10.0. The summed E-state index contributed by atoms with van der Waals surface area (Å²) in [6, 6.07) is 6.94. The van der Waals surface area contributed by atoms with Gasteiger partial charge >= 0.3 is 0 Å². The number of hydrogen-bond donors (Lipinski definition) is 1. The Hall–Kier alpha value is -0.770. The SMILES string of the molecule is COc1cccc(Cl)c1CN(CC1CCCCN1)C(C)C. The number of halogens is 1. The molecule has 118 valence electrons. The zero-order chi connectivity index (χ0) is 15.2. The molecule has 0 radical (unpaired) electrons. The topological polar surface area (TPSA) is 24.5 Å². The molecule has 1 aromatic rings. The van der Waals surface area contributed by atoms with E-state index in [0.717, 1.165) is 36.0 Å². The van der Waals surface area contributed by atoms with Crippen LogP contribution in [-0.4, -0.2) is 37.2 Å². The number of rotatable bonds is 6. The Bertz CT molecular complexity index is 444. The van der Waals surface area contributed by atoms with Crippen LogP contribution in [0, 0.1) is 0 Å². The molecule has 0 aliphatic carbocycles. The molecule has 4 heteroatoms. The molecule has 1 saturated heterocycles. The standard InChI is InChI=1S/C17H27ClN2O/c1-13(2)20(11-14-7-4-5-10-19-14)12-15-16(18)8-6-9-17(15)21-3/h6,8-9,13-14,19H,4-5,7,10-12H2,1-3H3. The van der Waals surface area contributed by atoms with E-state index in [2.05, 4.69) is 24.1 Å². The lowest BCUT2D eigenvalue weighted by Crippen LogP contribution is -2.45. The van der Waals surface area contributed by atoms with Gasteiger partial charge in [0.05, 0.1) is 7.11 Å². The van der Waals surface area contributed by atoms with E-state index in [1.807, 2.05) is 18.2 Å². The fraction of sp³-hybridized carbons (Fsp3) is 0.647. The molecule has 3 nitrogen and oxygen atoms in total. The first-order valence-electron chi connectivity index (χ1n) is 7.90. The predicted molar refractivity (Wildman–Crippen MR) is 89.2 cm³/mol. The van der Waals surface area contributed by atoms with Crippen LogP contribution in [0.15, 0.2) is 18.2 Å². The van der Waals surface area contributed by atoms with E-state index in [-0.39, 0.29) is 0 Å². The predicted octanol–water partition coefficient (Wildman–Crippen LogP) is 3.70. The Balaban J connectivity index is 2.09. The molecule has 1 atom stereocenters. The van der Waals surface area contributed by atoms with Crippen molar-refractivity contribution in [3.8, 4) is 5.75 Å². The molecule has 2 rings (SSSR count). The lowest BCUT2D eigenvalue weighted by molar-refractivity contribution is 0.175. The normalized spacial score (nSPS) is 19.2. The maximum Gasteiger partial charge on any atom is 0.124 e. The van der Waals surface area contributed by atoms with Gasteiger partial charge in [-0.25, -0.2) is 0 Å². The van der Waals surface area contributed by atoms with E-state index in [4.69, 9.17) is 16.3 Å². The fourth-order valence-electron chi connectivity index (χ4n) is 2.91. The van der Waals surface area contributed by atoms with Crippen molar-refractivity contribution >= 4 is 11.6 Å². The molecule has 1 aliphatic rings. The molecule has 0 saturated carbocycles. The summed E-state index contributed by atoms with van der Waals surface area (Å²) >= 11 is 6.38. The molecule has 1 unspecified atom stereocenters. The molecule has 21 heavy (non-hydrogen) atoms. The Morgan fingerprint density at radius 1 is 1.38 bits per heavy atom. The number of ether oxygens (including phenoxy) is 1. The van der Waals surface area contributed by atoms with Gasteiger partial charge in [0, 0.05) is 35.8 Å². The number of nitrogens with zero attached hydrogens (tertiary/aromatic N) is 1. The summed E-state index contributed by atoms with van der Waals surface area (Å²) in [7, 11) is 1.71. The minimum atomic E-state index is 0.481. The maximum absolute atomic E-state index is 6.38. The van der Waals surface area contributed by atoms with Gasteiger partial charge in [0.15, 0.2) is 0 Å². The summed E-state index contributed by atoms with van der Waals surface area (Å²) in [6.07, 6.45) is 3.90. The monoisotopic (exact) mass is 310 g/mol. The molecule has 1 aromatic carbocycles. The number of piperidine rings is 1. The van der Waals surface area contributed by atoms with E-state index in [0.29, 0.717) is 12.1 Å². The van der Waals surface area contributed by atoms with Crippen LogP contribution in [0.5, 0.6) is 5.75 Å². The Morgan fingerprint density at radius 3 is 2.81 bits per heavy atom. The molecule has 0 amide bonds. The highest BCUT2D eigenvalue weighted by Gasteiger charge is 2.20. The quantitative estimate of drug-likeness (QED) is 0.867. The van der Waals surface area contributed by atoms with Crippen molar-refractivity contribution in [2.45, 2.75) is 51.7 Å². The van der Waals surface area contributed by atoms with Crippen molar-refractivity contribution in [3.05, 3.63) is 28.8 Å². The molecule has 1 fully saturated rings. The molecule has 1 heterocycles. The average Bonchev–Trinajstić information content (AvgIpc) is 2.49. The molecule has 0 spiro atoms. The Kier molecular flexibility index (Phi) is 6.34. The first kappa shape index (κ1) is 16.6.